The van der Waals surface area contributed by atoms with Gasteiger partial charge in [0.1, 0.15) is 0 Å². The van der Waals surface area contributed by atoms with E-state index in [1.165, 1.54) is 4.88 Å². The molecule has 0 aliphatic rings. The largest absolute Gasteiger partial charge is 0.379 e. The van der Waals surface area contributed by atoms with E-state index in [2.05, 4.69) is 29.0 Å². The third-order valence-electron chi connectivity index (χ3n) is 2.96. The molecule has 0 unspecified atom stereocenters. The minimum atomic E-state index is 0.669. The molecule has 0 radical (unpaired) electrons. The molecule has 2 aromatic rings. The highest BCUT2D eigenvalue weighted by molar-refractivity contribution is 7.15. The first-order chi connectivity index (χ1) is 9.63. The summed E-state index contributed by atoms with van der Waals surface area (Å²) in [6, 6.07) is 5.40. The molecule has 1 N–H and O–H groups in total. The van der Waals surface area contributed by atoms with E-state index in [0.717, 1.165) is 23.9 Å². The normalized spacial score (nSPS) is 10.6. The number of anilines is 2. The van der Waals surface area contributed by atoms with Crippen LogP contribution >= 0.6 is 34.5 Å². The van der Waals surface area contributed by atoms with Crippen molar-refractivity contribution in [3.8, 4) is 0 Å². The molecule has 1 aromatic heterocycles. The Morgan fingerprint density at radius 2 is 2.00 bits per heavy atom. The van der Waals surface area contributed by atoms with Gasteiger partial charge in [-0.2, -0.15) is 0 Å². The number of rotatable bonds is 6. The van der Waals surface area contributed by atoms with Crippen molar-refractivity contribution in [2.24, 2.45) is 0 Å². The smallest absolute Gasteiger partial charge is 0.185 e. The highest BCUT2D eigenvalue weighted by Gasteiger charge is 2.08. The molecule has 0 fully saturated rings. The lowest BCUT2D eigenvalue weighted by atomic mass is 10.3. The Morgan fingerprint density at radius 3 is 2.70 bits per heavy atom. The van der Waals surface area contributed by atoms with Crippen LogP contribution in [0.5, 0.6) is 0 Å². The van der Waals surface area contributed by atoms with Crippen molar-refractivity contribution >= 4 is 45.4 Å². The summed E-state index contributed by atoms with van der Waals surface area (Å²) < 4.78 is 0. The van der Waals surface area contributed by atoms with E-state index in [-0.39, 0.29) is 0 Å². The van der Waals surface area contributed by atoms with Gasteiger partial charge in [0.05, 0.1) is 17.3 Å². The number of hydrogen-bond donors (Lipinski definition) is 1. The Morgan fingerprint density at radius 1 is 1.25 bits per heavy atom. The van der Waals surface area contributed by atoms with Crippen LogP contribution in [-0.2, 0) is 6.54 Å². The first-order valence-corrected chi connectivity index (χ1v) is 8.09. The van der Waals surface area contributed by atoms with Gasteiger partial charge in [0.25, 0.3) is 0 Å². The molecule has 0 aliphatic heterocycles. The molecule has 0 amide bonds. The number of nitrogens with one attached hydrogen (secondary N) is 1. The summed E-state index contributed by atoms with van der Waals surface area (Å²) in [4.78, 5) is 7.86. The van der Waals surface area contributed by atoms with Gasteiger partial charge in [0.15, 0.2) is 5.13 Å². The summed E-state index contributed by atoms with van der Waals surface area (Å²) in [5.41, 5.74) is 0.844. The molecule has 0 spiro atoms. The van der Waals surface area contributed by atoms with Crippen LogP contribution in [0.3, 0.4) is 0 Å². The Balaban J connectivity index is 2.02. The molecular formula is C14H17Cl2N3S. The molecule has 3 nitrogen and oxygen atoms in total. The molecular weight excluding hydrogens is 313 g/mol. The predicted molar refractivity (Wildman–Crippen MR) is 89.5 cm³/mol. The molecule has 1 aromatic carbocycles. The van der Waals surface area contributed by atoms with E-state index in [1.807, 2.05) is 12.3 Å². The van der Waals surface area contributed by atoms with Gasteiger partial charge in [-0.3, -0.25) is 0 Å². The summed E-state index contributed by atoms with van der Waals surface area (Å²) in [5, 5.41) is 5.69. The standard InChI is InChI=1S/C14H17Cl2N3S/c1-3-19(4-2)14-18-9-11(20-14)8-17-13-7-10(15)5-6-12(13)16/h5-7,9,17H,3-4,8H2,1-2H3. The average molecular weight is 330 g/mol. The minimum absolute atomic E-state index is 0.669. The van der Waals surface area contributed by atoms with Gasteiger partial charge in [-0.25, -0.2) is 4.98 Å². The quantitative estimate of drug-likeness (QED) is 0.816. The summed E-state index contributed by atoms with van der Waals surface area (Å²) >= 11 is 13.8. The molecule has 20 heavy (non-hydrogen) atoms. The van der Waals surface area contributed by atoms with Crippen molar-refractivity contribution < 1.29 is 0 Å². The van der Waals surface area contributed by atoms with Crippen molar-refractivity contribution in [2.45, 2.75) is 20.4 Å². The Hall–Kier alpha value is -0.970. The molecule has 0 aliphatic carbocycles. The lowest BCUT2D eigenvalue weighted by molar-refractivity contribution is 0.860. The molecule has 6 heteroatoms. The first-order valence-electron chi connectivity index (χ1n) is 6.52. The SMILES string of the molecule is CCN(CC)c1ncc(CNc2cc(Cl)ccc2Cl)s1. The van der Waals surface area contributed by atoms with E-state index in [1.54, 1.807) is 23.5 Å². The maximum Gasteiger partial charge on any atom is 0.185 e. The second kappa shape index (κ2) is 7.16. The van der Waals surface area contributed by atoms with Crippen molar-refractivity contribution in [2.75, 3.05) is 23.3 Å². The minimum Gasteiger partial charge on any atom is -0.379 e. The van der Waals surface area contributed by atoms with Gasteiger partial charge in [0, 0.05) is 29.2 Å². The maximum absolute atomic E-state index is 6.12. The summed E-state index contributed by atoms with van der Waals surface area (Å²) in [6.07, 6.45) is 1.91. The van der Waals surface area contributed by atoms with Gasteiger partial charge < -0.3 is 10.2 Å². The number of nitrogens with zero attached hydrogens (tertiary/aromatic N) is 2. The van der Waals surface area contributed by atoms with Gasteiger partial charge in [0.2, 0.25) is 0 Å². The zero-order valence-corrected chi connectivity index (χ0v) is 13.8. The van der Waals surface area contributed by atoms with Gasteiger partial charge in [-0.1, -0.05) is 23.2 Å². The van der Waals surface area contributed by atoms with Crippen LogP contribution in [0.15, 0.2) is 24.4 Å². The Bertz CT molecular complexity index is 567. The fourth-order valence-corrected chi connectivity index (χ4v) is 3.17. The topological polar surface area (TPSA) is 28.2 Å². The number of benzene rings is 1. The van der Waals surface area contributed by atoms with Crippen LogP contribution in [0.4, 0.5) is 10.8 Å². The van der Waals surface area contributed by atoms with Gasteiger partial charge in [-0.15, -0.1) is 11.3 Å². The average Bonchev–Trinajstić information content (AvgIpc) is 2.90. The molecule has 0 saturated carbocycles. The molecule has 0 atom stereocenters. The molecule has 0 saturated heterocycles. The number of thiazole rings is 1. The van der Waals surface area contributed by atoms with E-state index in [9.17, 15) is 0 Å². The van der Waals surface area contributed by atoms with E-state index < -0.39 is 0 Å². The monoisotopic (exact) mass is 329 g/mol. The lowest BCUT2D eigenvalue weighted by Gasteiger charge is -2.16. The molecule has 1 heterocycles. The first kappa shape index (κ1) is 15.4. The fourth-order valence-electron chi connectivity index (χ4n) is 1.83. The van der Waals surface area contributed by atoms with Crippen LogP contribution in [0, 0.1) is 0 Å². The molecule has 108 valence electrons. The van der Waals surface area contributed by atoms with Gasteiger partial charge in [-0.05, 0) is 32.0 Å². The van der Waals surface area contributed by atoms with Crippen LogP contribution in [0.1, 0.15) is 18.7 Å². The van der Waals surface area contributed by atoms with Crippen molar-refractivity contribution in [3.63, 3.8) is 0 Å². The summed E-state index contributed by atoms with van der Waals surface area (Å²) in [7, 11) is 0. The van der Waals surface area contributed by atoms with E-state index >= 15 is 0 Å². The zero-order chi connectivity index (χ0) is 14.5. The predicted octanol–water partition coefficient (Wildman–Crippen LogP) is 4.91. The van der Waals surface area contributed by atoms with Crippen LogP contribution in [0.25, 0.3) is 0 Å². The second-order valence-corrected chi connectivity index (χ2v) is 6.20. The number of halogens is 2. The summed E-state index contributed by atoms with van der Waals surface area (Å²) in [6.45, 7) is 6.90. The van der Waals surface area contributed by atoms with Crippen molar-refractivity contribution in [3.05, 3.63) is 39.3 Å². The Kier molecular flexibility index (Phi) is 5.52. The molecule has 2 rings (SSSR count). The highest BCUT2D eigenvalue weighted by Crippen LogP contribution is 2.27. The number of aromatic nitrogens is 1. The number of hydrogen-bond acceptors (Lipinski definition) is 4. The zero-order valence-electron chi connectivity index (χ0n) is 11.5. The second-order valence-electron chi connectivity index (χ2n) is 4.26. The summed E-state index contributed by atoms with van der Waals surface area (Å²) in [5.74, 6) is 0. The van der Waals surface area contributed by atoms with Crippen LogP contribution < -0.4 is 10.2 Å². The van der Waals surface area contributed by atoms with E-state index in [4.69, 9.17) is 23.2 Å². The third kappa shape index (κ3) is 3.78. The highest BCUT2D eigenvalue weighted by atomic mass is 35.5. The molecule has 0 bridgehead atoms. The van der Waals surface area contributed by atoms with Crippen LogP contribution in [0.2, 0.25) is 10.0 Å². The fraction of sp³-hybridized carbons (Fsp3) is 0.357. The third-order valence-corrected chi connectivity index (χ3v) is 4.58. The van der Waals surface area contributed by atoms with Crippen molar-refractivity contribution in [1.29, 1.82) is 0 Å². The lowest BCUT2D eigenvalue weighted by Crippen LogP contribution is -2.21. The Labute approximate surface area is 133 Å². The van der Waals surface area contributed by atoms with Gasteiger partial charge >= 0.3 is 0 Å². The van der Waals surface area contributed by atoms with E-state index in [0.29, 0.717) is 16.6 Å². The maximum atomic E-state index is 6.12. The van der Waals surface area contributed by atoms with Crippen molar-refractivity contribution in [1.82, 2.24) is 4.98 Å². The van der Waals surface area contributed by atoms with Crippen LogP contribution in [-0.4, -0.2) is 18.1 Å².